The van der Waals surface area contributed by atoms with Crippen LogP contribution in [0.2, 0.25) is 0 Å². The Balaban J connectivity index is 3.79. The highest BCUT2D eigenvalue weighted by Gasteiger charge is 2.17. The summed E-state index contributed by atoms with van der Waals surface area (Å²) in [5.74, 6) is -0.0404. The summed E-state index contributed by atoms with van der Waals surface area (Å²) in [7, 11) is 0. The van der Waals surface area contributed by atoms with Gasteiger partial charge in [0.15, 0.2) is 0 Å². The molecule has 0 bridgehead atoms. The second-order valence-electron chi connectivity index (χ2n) is 3.16. The molecule has 0 rings (SSSR count). The van der Waals surface area contributed by atoms with E-state index in [2.05, 4.69) is 11.9 Å². The Hall–Kier alpha value is -0.830. The van der Waals surface area contributed by atoms with Gasteiger partial charge in [0, 0.05) is 0 Å². The van der Waals surface area contributed by atoms with Crippen LogP contribution in [0.5, 0.6) is 0 Å². The van der Waals surface area contributed by atoms with E-state index in [9.17, 15) is 4.79 Å². The van der Waals surface area contributed by atoms with E-state index in [4.69, 9.17) is 5.73 Å². The zero-order valence-electron chi connectivity index (χ0n) is 7.84. The van der Waals surface area contributed by atoms with Gasteiger partial charge in [0.2, 0.25) is 5.91 Å². The summed E-state index contributed by atoms with van der Waals surface area (Å²) in [4.78, 5) is 10.9. The minimum Gasteiger partial charge on any atom is -0.368 e. The molecule has 0 aromatic rings. The molecule has 70 valence electrons. The smallest absolute Gasteiger partial charge is 0.234 e. The maximum absolute atomic E-state index is 10.9. The van der Waals surface area contributed by atoms with Crippen LogP contribution in [0.3, 0.4) is 0 Å². The fraction of sp³-hybridized carbons (Fsp3) is 0.667. The van der Waals surface area contributed by atoms with Gasteiger partial charge in [0.25, 0.3) is 0 Å². The Morgan fingerprint density at radius 1 is 1.67 bits per heavy atom. The van der Waals surface area contributed by atoms with Gasteiger partial charge in [-0.1, -0.05) is 19.9 Å². The number of carbonyl (C=O) groups excluding carboxylic acids is 1. The lowest BCUT2D eigenvalue weighted by Gasteiger charge is -2.18. The number of hydrogen-bond donors (Lipinski definition) is 2. The summed E-state index contributed by atoms with van der Waals surface area (Å²) in [6.45, 7) is 8.29. The van der Waals surface area contributed by atoms with E-state index < -0.39 is 0 Å². The fourth-order valence-corrected chi connectivity index (χ4v) is 1.01. The van der Waals surface area contributed by atoms with Crippen LogP contribution >= 0.6 is 0 Å². The van der Waals surface area contributed by atoms with Gasteiger partial charge < -0.3 is 11.1 Å². The first-order valence-electron chi connectivity index (χ1n) is 4.23. The maximum Gasteiger partial charge on any atom is 0.234 e. The summed E-state index contributed by atoms with van der Waals surface area (Å²) in [5.41, 5.74) is 5.19. The summed E-state index contributed by atoms with van der Waals surface area (Å²) < 4.78 is 0. The van der Waals surface area contributed by atoms with E-state index in [1.54, 1.807) is 0 Å². The molecule has 0 aliphatic carbocycles. The van der Waals surface area contributed by atoms with Crippen molar-refractivity contribution < 1.29 is 4.79 Å². The van der Waals surface area contributed by atoms with Crippen LogP contribution in [0.25, 0.3) is 0 Å². The highest BCUT2D eigenvalue weighted by atomic mass is 16.1. The van der Waals surface area contributed by atoms with Crippen molar-refractivity contribution >= 4 is 5.91 Å². The van der Waals surface area contributed by atoms with Crippen molar-refractivity contribution in [3.8, 4) is 0 Å². The number of rotatable bonds is 6. The van der Waals surface area contributed by atoms with E-state index in [0.29, 0.717) is 0 Å². The molecule has 1 unspecified atom stereocenters. The van der Waals surface area contributed by atoms with Gasteiger partial charge in [0.05, 0.1) is 6.04 Å². The highest BCUT2D eigenvalue weighted by Crippen LogP contribution is 2.00. The molecule has 0 radical (unpaired) electrons. The highest BCUT2D eigenvalue weighted by molar-refractivity contribution is 5.80. The van der Waals surface area contributed by atoms with Crippen LogP contribution in [0.15, 0.2) is 12.7 Å². The van der Waals surface area contributed by atoms with E-state index in [1.807, 2.05) is 19.9 Å². The van der Waals surface area contributed by atoms with E-state index >= 15 is 0 Å². The Morgan fingerprint density at radius 2 is 2.25 bits per heavy atom. The summed E-state index contributed by atoms with van der Waals surface area (Å²) in [6, 6.07) is -0.218. The molecule has 0 heterocycles. The monoisotopic (exact) mass is 170 g/mol. The van der Waals surface area contributed by atoms with Crippen molar-refractivity contribution in [1.82, 2.24) is 5.32 Å². The Labute approximate surface area is 74.0 Å². The number of primary amides is 1. The standard InChI is InChI=1S/C9H18N2O/c1-4-5-6-11-8(7(2)3)9(10)12/h4,7-8,11H,1,5-6H2,2-3H3,(H2,10,12). The molecular formula is C9H18N2O. The molecule has 0 aliphatic heterocycles. The number of nitrogens with one attached hydrogen (secondary N) is 1. The maximum atomic E-state index is 10.9. The minimum absolute atomic E-state index is 0.218. The molecule has 0 saturated heterocycles. The molecule has 0 aromatic carbocycles. The first-order valence-corrected chi connectivity index (χ1v) is 4.23. The Morgan fingerprint density at radius 3 is 2.58 bits per heavy atom. The zero-order valence-corrected chi connectivity index (χ0v) is 7.84. The summed E-state index contributed by atoms with van der Waals surface area (Å²) in [5, 5.41) is 3.07. The average Bonchev–Trinajstić information content (AvgIpc) is 1.96. The molecule has 3 N–H and O–H groups in total. The topological polar surface area (TPSA) is 55.1 Å². The number of hydrogen-bond acceptors (Lipinski definition) is 2. The van der Waals surface area contributed by atoms with Crippen molar-refractivity contribution in [3.63, 3.8) is 0 Å². The van der Waals surface area contributed by atoms with Gasteiger partial charge >= 0.3 is 0 Å². The molecular weight excluding hydrogens is 152 g/mol. The third-order valence-corrected chi connectivity index (χ3v) is 1.69. The average molecular weight is 170 g/mol. The minimum atomic E-state index is -0.283. The number of amides is 1. The lowest BCUT2D eigenvalue weighted by atomic mass is 10.0. The molecule has 3 heteroatoms. The second kappa shape index (κ2) is 5.77. The van der Waals surface area contributed by atoms with Gasteiger partial charge in [-0.05, 0) is 18.9 Å². The van der Waals surface area contributed by atoms with E-state index in [0.717, 1.165) is 13.0 Å². The van der Waals surface area contributed by atoms with Gasteiger partial charge in [0.1, 0.15) is 0 Å². The normalized spacial score (nSPS) is 12.9. The predicted octanol–water partition coefficient (Wildman–Crippen LogP) is 0.662. The molecule has 0 spiro atoms. The van der Waals surface area contributed by atoms with Crippen molar-refractivity contribution in [2.75, 3.05) is 6.54 Å². The van der Waals surface area contributed by atoms with Crippen LogP contribution in [-0.2, 0) is 4.79 Å². The number of carbonyl (C=O) groups is 1. The second-order valence-corrected chi connectivity index (χ2v) is 3.16. The van der Waals surface area contributed by atoms with Crippen molar-refractivity contribution in [1.29, 1.82) is 0 Å². The molecule has 0 fully saturated rings. The first kappa shape index (κ1) is 11.2. The van der Waals surface area contributed by atoms with E-state index in [-0.39, 0.29) is 17.9 Å². The van der Waals surface area contributed by atoms with Crippen LogP contribution < -0.4 is 11.1 Å². The summed E-state index contributed by atoms with van der Waals surface area (Å²) in [6.07, 6.45) is 2.67. The van der Waals surface area contributed by atoms with Crippen molar-refractivity contribution in [2.24, 2.45) is 11.7 Å². The largest absolute Gasteiger partial charge is 0.368 e. The lowest BCUT2D eigenvalue weighted by Crippen LogP contribution is -2.45. The molecule has 3 nitrogen and oxygen atoms in total. The Bertz CT molecular complexity index is 155. The van der Waals surface area contributed by atoms with Crippen molar-refractivity contribution in [2.45, 2.75) is 26.3 Å². The molecule has 0 saturated carbocycles. The Kier molecular flexibility index (Phi) is 5.37. The van der Waals surface area contributed by atoms with Crippen LogP contribution in [-0.4, -0.2) is 18.5 Å². The lowest BCUT2D eigenvalue weighted by molar-refractivity contribution is -0.120. The molecule has 0 aromatic heterocycles. The zero-order chi connectivity index (χ0) is 9.56. The van der Waals surface area contributed by atoms with Gasteiger partial charge in [-0.15, -0.1) is 6.58 Å². The van der Waals surface area contributed by atoms with Gasteiger partial charge in [-0.3, -0.25) is 4.79 Å². The van der Waals surface area contributed by atoms with Crippen LogP contribution in [0.1, 0.15) is 20.3 Å². The van der Waals surface area contributed by atoms with Crippen LogP contribution in [0, 0.1) is 5.92 Å². The van der Waals surface area contributed by atoms with Crippen LogP contribution in [0.4, 0.5) is 0 Å². The van der Waals surface area contributed by atoms with E-state index in [1.165, 1.54) is 0 Å². The van der Waals surface area contributed by atoms with Gasteiger partial charge in [-0.2, -0.15) is 0 Å². The number of nitrogens with two attached hydrogens (primary N) is 1. The third kappa shape index (κ3) is 4.13. The van der Waals surface area contributed by atoms with Gasteiger partial charge in [-0.25, -0.2) is 0 Å². The first-order chi connectivity index (χ1) is 5.59. The third-order valence-electron chi connectivity index (χ3n) is 1.69. The summed E-state index contributed by atoms with van der Waals surface area (Å²) >= 11 is 0. The predicted molar refractivity (Wildman–Crippen MR) is 50.6 cm³/mol. The molecule has 1 atom stereocenters. The quantitative estimate of drug-likeness (QED) is 0.454. The SMILES string of the molecule is C=CCCNC(C(N)=O)C(C)C. The van der Waals surface area contributed by atoms with Crippen molar-refractivity contribution in [3.05, 3.63) is 12.7 Å². The molecule has 0 aliphatic rings. The molecule has 12 heavy (non-hydrogen) atoms. The molecule has 1 amide bonds. The fourth-order valence-electron chi connectivity index (χ4n) is 1.01.